The fraction of sp³-hybridized carbons (Fsp3) is 0.538. The van der Waals surface area contributed by atoms with Gasteiger partial charge in [-0.05, 0) is 12.3 Å². The van der Waals surface area contributed by atoms with Crippen molar-refractivity contribution >= 4 is 23.4 Å². The molecule has 1 heterocycles. The lowest BCUT2D eigenvalue weighted by Gasteiger charge is -2.06. The molecule has 0 saturated heterocycles. The first-order chi connectivity index (χ1) is 10.1. The number of aromatic amines is 1. The summed E-state index contributed by atoms with van der Waals surface area (Å²) in [5.74, 6) is -0.0469. The highest BCUT2D eigenvalue weighted by Gasteiger charge is 2.38. The van der Waals surface area contributed by atoms with Crippen LogP contribution in [-0.4, -0.2) is 41.0 Å². The van der Waals surface area contributed by atoms with E-state index in [0.29, 0.717) is 11.6 Å². The van der Waals surface area contributed by atoms with E-state index in [1.807, 2.05) is 6.92 Å². The number of nitrogens with zero attached hydrogens (tertiary/aromatic N) is 1. The van der Waals surface area contributed by atoms with Crippen molar-refractivity contribution in [3.05, 3.63) is 12.4 Å². The Morgan fingerprint density at radius 2 is 2.10 bits per heavy atom. The van der Waals surface area contributed by atoms with Crippen molar-refractivity contribution in [2.45, 2.75) is 19.8 Å². The van der Waals surface area contributed by atoms with Crippen LogP contribution in [0.3, 0.4) is 0 Å². The van der Waals surface area contributed by atoms with Crippen LogP contribution in [0.2, 0.25) is 0 Å². The monoisotopic (exact) mass is 293 g/mol. The van der Waals surface area contributed by atoms with Crippen LogP contribution in [0.15, 0.2) is 12.4 Å². The van der Waals surface area contributed by atoms with Crippen LogP contribution >= 0.6 is 0 Å². The van der Waals surface area contributed by atoms with Gasteiger partial charge >= 0.3 is 0 Å². The zero-order chi connectivity index (χ0) is 15.2. The van der Waals surface area contributed by atoms with Gasteiger partial charge in [0.15, 0.2) is 0 Å². The van der Waals surface area contributed by atoms with Gasteiger partial charge in [0.1, 0.15) is 0 Å². The molecule has 0 aliphatic heterocycles. The molecule has 1 aliphatic carbocycles. The van der Waals surface area contributed by atoms with Crippen molar-refractivity contribution in [1.82, 2.24) is 20.8 Å². The minimum Gasteiger partial charge on any atom is -0.355 e. The Labute approximate surface area is 122 Å². The molecule has 4 N–H and O–H groups in total. The van der Waals surface area contributed by atoms with Gasteiger partial charge in [-0.25, -0.2) is 0 Å². The summed E-state index contributed by atoms with van der Waals surface area (Å²) in [5.41, 5.74) is 0.542. The SMILES string of the molecule is C[C@@H]1C[C@H]1C(=O)NCCC(=O)NCC(=O)Nc1cn[nH]c1. The summed E-state index contributed by atoms with van der Waals surface area (Å²) in [6, 6.07) is 0. The lowest BCUT2D eigenvalue weighted by atomic mass is 10.3. The molecule has 1 fully saturated rings. The number of amides is 3. The minimum atomic E-state index is -0.333. The van der Waals surface area contributed by atoms with Crippen molar-refractivity contribution in [1.29, 1.82) is 0 Å². The van der Waals surface area contributed by atoms with Gasteiger partial charge in [-0.1, -0.05) is 6.92 Å². The van der Waals surface area contributed by atoms with Gasteiger partial charge in [0.05, 0.1) is 18.4 Å². The van der Waals surface area contributed by atoms with Crippen LogP contribution in [0, 0.1) is 11.8 Å². The summed E-state index contributed by atoms with van der Waals surface area (Å²) in [6.07, 6.45) is 4.08. The van der Waals surface area contributed by atoms with Crippen LogP contribution in [0.4, 0.5) is 5.69 Å². The lowest BCUT2D eigenvalue weighted by Crippen LogP contribution is -2.35. The van der Waals surface area contributed by atoms with Crippen LogP contribution < -0.4 is 16.0 Å². The molecule has 114 valence electrons. The van der Waals surface area contributed by atoms with Gasteiger partial charge in [0.2, 0.25) is 17.7 Å². The number of anilines is 1. The maximum absolute atomic E-state index is 11.5. The van der Waals surface area contributed by atoms with Crippen molar-refractivity contribution < 1.29 is 14.4 Å². The summed E-state index contributed by atoms with van der Waals surface area (Å²) < 4.78 is 0. The predicted octanol–water partition coefficient (Wildman–Crippen LogP) is -0.373. The summed E-state index contributed by atoms with van der Waals surface area (Å²) in [7, 11) is 0. The molecule has 8 nitrogen and oxygen atoms in total. The van der Waals surface area contributed by atoms with Crippen LogP contribution in [0.1, 0.15) is 19.8 Å². The number of nitrogens with one attached hydrogen (secondary N) is 4. The minimum absolute atomic E-state index is 0.00741. The molecule has 8 heteroatoms. The zero-order valence-electron chi connectivity index (χ0n) is 11.8. The Kier molecular flexibility index (Phi) is 4.91. The first-order valence-electron chi connectivity index (χ1n) is 6.89. The number of carbonyl (C=O) groups is 3. The quantitative estimate of drug-likeness (QED) is 0.548. The zero-order valence-corrected chi connectivity index (χ0v) is 11.8. The molecule has 1 aromatic rings. The third kappa shape index (κ3) is 4.90. The Morgan fingerprint density at radius 3 is 2.71 bits per heavy atom. The Bertz CT molecular complexity index is 514. The third-order valence-electron chi connectivity index (χ3n) is 3.33. The van der Waals surface area contributed by atoms with E-state index in [1.54, 1.807) is 0 Å². The molecular formula is C13H19N5O3. The van der Waals surface area contributed by atoms with Crippen molar-refractivity contribution in [3.8, 4) is 0 Å². The average molecular weight is 293 g/mol. The van der Waals surface area contributed by atoms with Gasteiger partial charge in [0.25, 0.3) is 0 Å². The third-order valence-corrected chi connectivity index (χ3v) is 3.33. The van der Waals surface area contributed by atoms with E-state index >= 15 is 0 Å². The first kappa shape index (κ1) is 15.0. The van der Waals surface area contributed by atoms with Crippen LogP contribution in [-0.2, 0) is 14.4 Å². The smallest absolute Gasteiger partial charge is 0.243 e. The van der Waals surface area contributed by atoms with E-state index in [1.165, 1.54) is 12.4 Å². The van der Waals surface area contributed by atoms with E-state index in [-0.39, 0.29) is 43.1 Å². The molecule has 0 aromatic carbocycles. The standard InChI is InChI=1S/C13H19N5O3/c1-8-4-10(8)13(21)14-3-2-11(19)15-7-12(20)18-9-5-16-17-6-9/h5-6,8,10H,2-4,7H2,1H3,(H,14,21)(H,15,19)(H,16,17)(H,18,20)/t8-,10-/m1/s1. The molecule has 0 spiro atoms. The van der Waals surface area contributed by atoms with Gasteiger partial charge in [-0.3, -0.25) is 19.5 Å². The number of aromatic nitrogens is 2. The largest absolute Gasteiger partial charge is 0.355 e. The number of rotatable bonds is 7. The second kappa shape index (κ2) is 6.87. The molecule has 0 radical (unpaired) electrons. The maximum Gasteiger partial charge on any atom is 0.243 e. The topological polar surface area (TPSA) is 116 Å². The second-order valence-electron chi connectivity index (χ2n) is 5.17. The van der Waals surface area contributed by atoms with E-state index in [9.17, 15) is 14.4 Å². The van der Waals surface area contributed by atoms with E-state index in [0.717, 1.165) is 6.42 Å². The van der Waals surface area contributed by atoms with E-state index in [2.05, 4.69) is 26.1 Å². The highest BCUT2D eigenvalue weighted by atomic mass is 16.2. The highest BCUT2D eigenvalue weighted by molar-refractivity contribution is 5.94. The summed E-state index contributed by atoms with van der Waals surface area (Å²) in [6.45, 7) is 2.20. The first-order valence-corrected chi connectivity index (χ1v) is 6.89. The van der Waals surface area contributed by atoms with Crippen molar-refractivity contribution in [2.75, 3.05) is 18.4 Å². The second-order valence-corrected chi connectivity index (χ2v) is 5.17. The lowest BCUT2D eigenvalue weighted by molar-refractivity contribution is -0.125. The Balaban J connectivity index is 1.55. The summed E-state index contributed by atoms with van der Waals surface area (Å²) in [5, 5.41) is 14.0. The number of hydrogen-bond donors (Lipinski definition) is 4. The summed E-state index contributed by atoms with van der Waals surface area (Å²) >= 11 is 0. The van der Waals surface area contributed by atoms with E-state index in [4.69, 9.17) is 0 Å². The van der Waals surface area contributed by atoms with Gasteiger partial charge < -0.3 is 16.0 Å². The number of H-pyrrole nitrogens is 1. The maximum atomic E-state index is 11.5. The molecule has 1 aliphatic rings. The fourth-order valence-corrected chi connectivity index (χ4v) is 1.91. The average Bonchev–Trinajstić information content (AvgIpc) is 2.96. The molecule has 3 amide bonds. The summed E-state index contributed by atoms with van der Waals surface area (Å²) in [4.78, 5) is 34.5. The van der Waals surface area contributed by atoms with Crippen molar-refractivity contribution in [2.24, 2.45) is 11.8 Å². The van der Waals surface area contributed by atoms with Gasteiger partial charge in [0, 0.05) is 25.1 Å². The molecule has 21 heavy (non-hydrogen) atoms. The molecule has 1 aromatic heterocycles. The molecule has 2 atom stereocenters. The van der Waals surface area contributed by atoms with Gasteiger partial charge in [-0.15, -0.1) is 0 Å². The Hall–Kier alpha value is -2.38. The van der Waals surface area contributed by atoms with Crippen LogP contribution in [0.25, 0.3) is 0 Å². The molecule has 0 bridgehead atoms. The van der Waals surface area contributed by atoms with Crippen LogP contribution in [0.5, 0.6) is 0 Å². The highest BCUT2D eigenvalue weighted by Crippen LogP contribution is 2.37. The molecule has 2 rings (SSSR count). The normalized spacial score (nSPS) is 19.7. The fourth-order valence-electron chi connectivity index (χ4n) is 1.91. The molecular weight excluding hydrogens is 274 g/mol. The van der Waals surface area contributed by atoms with Crippen molar-refractivity contribution in [3.63, 3.8) is 0 Å². The molecule has 1 saturated carbocycles. The van der Waals surface area contributed by atoms with Gasteiger partial charge in [-0.2, -0.15) is 5.10 Å². The number of carbonyl (C=O) groups excluding carboxylic acids is 3. The predicted molar refractivity (Wildman–Crippen MR) is 75.1 cm³/mol. The molecule has 0 unspecified atom stereocenters. The van der Waals surface area contributed by atoms with E-state index < -0.39 is 0 Å². The number of hydrogen-bond acceptors (Lipinski definition) is 4. The Morgan fingerprint density at radius 1 is 1.33 bits per heavy atom.